The molecule has 3 nitrogen and oxygen atoms in total. The summed E-state index contributed by atoms with van der Waals surface area (Å²) in [5, 5.41) is 0.303. The Kier molecular flexibility index (Phi) is 3.89. The summed E-state index contributed by atoms with van der Waals surface area (Å²) in [6.45, 7) is 2.40. The second-order valence-electron chi connectivity index (χ2n) is 3.85. The first kappa shape index (κ1) is 12.9. The van der Waals surface area contributed by atoms with E-state index in [1.807, 2.05) is 6.92 Å². The number of nitrogens with two attached hydrogens (primary N) is 1. The van der Waals surface area contributed by atoms with Gasteiger partial charge in [0.05, 0.1) is 5.02 Å². The Morgan fingerprint density at radius 3 is 2.78 bits per heavy atom. The molecule has 0 bridgehead atoms. The van der Waals surface area contributed by atoms with Crippen molar-refractivity contribution in [1.29, 1.82) is 0 Å². The smallest absolute Gasteiger partial charge is 0.160 e. The molecule has 0 radical (unpaired) electrons. The summed E-state index contributed by atoms with van der Waals surface area (Å²) in [5.74, 6) is 0.118. The standard InChI is InChI=1S/C13H13ClFN3/c1-2-12-8(6-16)7-17-13(18-12)10-4-3-9(15)5-11(10)14/h3-5,7H,2,6,16H2,1H3. The molecule has 2 rings (SSSR count). The van der Waals surface area contributed by atoms with Gasteiger partial charge in [-0.2, -0.15) is 0 Å². The predicted molar refractivity (Wildman–Crippen MR) is 69.7 cm³/mol. The highest BCUT2D eigenvalue weighted by atomic mass is 35.5. The monoisotopic (exact) mass is 265 g/mol. The molecule has 0 aliphatic carbocycles. The van der Waals surface area contributed by atoms with Crippen molar-refractivity contribution in [1.82, 2.24) is 9.97 Å². The van der Waals surface area contributed by atoms with Crippen molar-refractivity contribution >= 4 is 11.6 Å². The third kappa shape index (κ3) is 2.49. The van der Waals surface area contributed by atoms with E-state index in [2.05, 4.69) is 9.97 Å². The molecule has 2 aromatic rings. The lowest BCUT2D eigenvalue weighted by molar-refractivity contribution is 0.628. The van der Waals surface area contributed by atoms with E-state index in [9.17, 15) is 4.39 Å². The van der Waals surface area contributed by atoms with Crippen molar-refractivity contribution in [2.45, 2.75) is 19.9 Å². The van der Waals surface area contributed by atoms with Crippen LogP contribution in [0.2, 0.25) is 5.02 Å². The summed E-state index contributed by atoms with van der Waals surface area (Å²) < 4.78 is 13.0. The molecular weight excluding hydrogens is 253 g/mol. The molecule has 1 aromatic heterocycles. The van der Waals surface area contributed by atoms with E-state index < -0.39 is 0 Å². The van der Waals surface area contributed by atoms with Gasteiger partial charge in [-0.15, -0.1) is 0 Å². The lowest BCUT2D eigenvalue weighted by Crippen LogP contribution is -2.05. The van der Waals surface area contributed by atoms with Crippen molar-refractivity contribution in [2.24, 2.45) is 5.73 Å². The van der Waals surface area contributed by atoms with Crippen LogP contribution in [0.1, 0.15) is 18.2 Å². The Balaban J connectivity index is 2.51. The van der Waals surface area contributed by atoms with Crippen molar-refractivity contribution in [2.75, 3.05) is 0 Å². The zero-order valence-corrected chi connectivity index (χ0v) is 10.7. The molecule has 0 saturated carbocycles. The van der Waals surface area contributed by atoms with Gasteiger partial charge in [0.25, 0.3) is 0 Å². The van der Waals surface area contributed by atoms with Crippen LogP contribution < -0.4 is 5.73 Å². The van der Waals surface area contributed by atoms with Gasteiger partial charge in [-0.1, -0.05) is 18.5 Å². The molecular formula is C13H13ClFN3. The Morgan fingerprint density at radius 1 is 1.39 bits per heavy atom. The first-order valence-electron chi connectivity index (χ1n) is 5.66. The highest BCUT2D eigenvalue weighted by Gasteiger charge is 2.10. The van der Waals surface area contributed by atoms with Gasteiger partial charge in [-0.25, -0.2) is 14.4 Å². The maximum atomic E-state index is 13.0. The van der Waals surface area contributed by atoms with Crippen LogP contribution in [0.5, 0.6) is 0 Å². The molecule has 1 heterocycles. The summed E-state index contributed by atoms with van der Waals surface area (Å²) in [5.41, 5.74) is 8.04. The Labute approximate surface area is 110 Å². The van der Waals surface area contributed by atoms with Crippen molar-refractivity contribution < 1.29 is 4.39 Å². The minimum absolute atomic E-state index is 0.303. The Bertz CT molecular complexity index is 572. The number of rotatable bonds is 3. The number of nitrogens with zero attached hydrogens (tertiary/aromatic N) is 2. The second kappa shape index (κ2) is 5.42. The number of aromatic nitrogens is 2. The molecule has 2 N–H and O–H groups in total. The van der Waals surface area contributed by atoms with Gasteiger partial charge in [0, 0.05) is 29.6 Å². The van der Waals surface area contributed by atoms with E-state index >= 15 is 0 Å². The first-order valence-corrected chi connectivity index (χ1v) is 6.03. The molecule has 0 fully saturated rings. The number of aryl methyl sites for hydroxylation is 1. The van der Waals surface area contributed by atoms with Crippen LogP contribution in [0.25, 0.3) is 11.4 Å². The number of halogens is 2. The summed E-state index contributed by atoms with van der Waals surface area (Å²) in [4.78, 5) is 8.65. The van der Waals surface area contributed by atoms with Gasteiger partial charge >= 0.3 is 0 Å². The summed E-state index contributed by atoms with van der Waals surface area (Å²) >= 11 is 5.99. The molecule has 5 heteroatoms. The van der Waals surface area contributed by atoms with Crippen LogP contribution in [0.3, 0.4) is 0 Å². The fourth-order valence-corrected chi connectivity index (χ4v) is 1.97. The lowest BCUT2D eigenvalue weighted by atomic mass is 10.1. The Morgan fingerprint density at radius 2 is 2.17 bits per heavy atom. The Hall–Kier alpha value is -1.52. The maximum Gasteiger partial charge on any atom is 0.160 e. The number of hydrogen-bond donors (Lipinski definition) is 1. The zero-order chi connectivity index (χ0) is 13.1. The van der Waals surface area contributed by atoms with E-state index in [-0.39, 0.29) is 5.82 Å². The molecule has 0 unspecified atom stereocenters. The molecule has 0 atom stereocenters. The predicted octanol–water partition coefficient (Wildman–Crippen LogP) is 2.96. The molecule has 1 aromatic carbocycles. The van der Waals surface area contributed by atoms with Crippen molar-refractivity contribution in [3.8, 4) is 11.4 Å². The molecule has 0 aliphatic heterocycles. The first-order chi connectivity index (χ1) is 8.65. The van der Waals surface area contributed by atoms with Crippen molar-refractivity contribution in [3.63, 3.8) is 0 Å². The maximum absolute atomic E-state index is 13.0. The average Bonchev–Trinajstić information content (AvgIpc) is 2.38. The van der Waals surface area contributed by atoms with Crippen LogP contribution in [-0.2, 0) is 13.0 Å². The summed E-state index contributed by atoms with van der Waals surface area (Å²) in [7, 11) is 0. The van der Waals surface area contributed by atoms with E-state index in [1.54, 1.807) is 12.3 Å². The fraction of sp³-hybridized carbons (Fsp3) is 0.231. The molecule has 0 saturated heterocycles. The van der Waals surface area contributed by atoms with Gasteiger partial charge < -0.3 is 5.73 Å². The van der Waals surface area contributed by atoms with Crippen LogP contribution in [-0.4, -0.2) is 9.97 Å². The SMILES string of the molecule is CCc1nc(-c2ccc(F)cc2Cl)ncc1CN. The summed E-state index contributed by atoms with van der Waals surface area (Å²) in [6.07, 6.45) is 2.46. The highest BCUT2D eigenvalue weighted by molar-refractivity contribution is 6.33. The van der Waals surface area contributed by atoms with Gasteiger partial charge in [0.1, 0.15) is 5.82 Å². The minimum Gasteiger partial charge on any atom is -0.326 e. The molecule has 94 valence electrons. The zero-order valence-electron chi connectivity index (χ0n) is 9.95. The third-order valence-corrected chi connectivity index (χ3v) is 2.99. The fourth-order valence-electron chi connectivity index (χ4n) is 1.72. The number of benzene rings is 1. The normalized spacial score (nSPS) is 10.7. The topological polar surface area (TPSA) is 51.8 Å². The largest absolute Gasteiger partial charge is 0.326 e. The van der Waals surface area contributed by atoms with Gasteiger partial charge in [0.15, 0.2) is 5.82 Å². The second-order valence-corrected chi connectivity index (χ2v) is 4.25. The third-order valence-electron chi connectivity index (χ3n) is 2.68. The average molecular weight is 266 g/mol. The molecule has 0 spiro atoms. The van der Waals surface area contributed by atoms with Crippen LogP contribution in [0.4, 0.5) is 4.39 Å². The van der Waals surface area contributed by atoms with E-state index in [1.165, 1.54) is 12.1 Å². The van der Waals surface area contributed by atoms with Gasteiger partial charge in [0.2, 0.25) is 0 Å². The molecule has 18 heavy (non-hydrogen) atoms. The lowest BCUT2D eigenvalue weighted by Gasteiger charge is -2.08. The molecule has 0 aliphatic rings. The van der Waals surface area contributed by atoms with Gasteiger partial charge in [-0.05, 0) is 24.6 Å². The van der Waals surface area contributed by atoms with Crippen LogP contribution in [0, 0.1) is 5.82 Å². The van der Waals surface area contributed by atoms with E-state index in [0.29, 0.717) is 23.0 Å². The van der Waals surface area contributed by atoms with Crippen LogP contribution in [0.15, 0.2) is 24.4 Å². The minimum atomic E-state index is -0.377. The van der Waals surface area contributed by atoms with E-state index in [4.69, 9.17) is 17.3 Å². The number of hydrogen-bond acceptors (Lipinski definition) is 3. The summed E-state index contributed by atoms with van der Waals surface area (Å²) in [6, 6.07) is 4.17. The van der Waals surface area contributed by atoms with Crippen LogP contribution >= 0.6 is 11.6 Å². The highest BCUT2D eigenvalue weighted by Crippen LogP contribution is 2.26. The van der Waals surface area contributed by atoms with Gasteiger partial charge in [-0.3, -0.25) is 0 Å². The van der Waals surface area contributed by atoms with E-state index in [0.717, 1.165) is 17.7 Å². The molecule has 0 amide bonds. The quantitative estimate of drug-likeness (QED) is 0.928. The van der Waals surface area contributed by atoms with Crippen molar-refractivity contribution in [3.05, 3.63) is 46.5 Å².